The van der Waals surface area contributed by atoms with Gasteiger partial charge in [0.2, 0.25) is 0 Å². The molecule has 0 unspecified atom stereocenters. The van der Waals surface area contributed by atoms with Crippen molar-refractivity contribution in [1.82, 2.24) is 18.5 Å². The maximum atomic E-state index is 13.7. The normalized spacial score (nSPS) is 12.5. The Balaban J connectivity index is 1.83. The Hall–Kier alpha value is -3.00. The smallest absolute Gasteiger partial charge is 0.330 e. The van der Waals surface area contributed by atoms with Crippen molar-refractivity contribution in [2.45, 2.75) is 59.5 Å². The van der Waals surface area contributed by atoms with Crippen LogP contribution < -0.4 is 5.69 Å². The van der Waals surface area contributed by atoms with E-state index in [4.69, 9.17) is 4.74 Å². The number of hydrogen-bond acceptors (Lipinski definition) is 6. The molecule has 168 valence electrons. The molecule has 0 saturated carbocycles. The lowest BCUT2D eigenvalue weighted by Crippen LogP contribution is -2.29. The van der Waals surface area contributed by atoms with E-state index in [1.165, 1.54) is 17.1 Å². The van der Waals surface area contributed by atoms with Crippen LogP contribution in [-0.4, -0.2) is 31.1 Å². The molecule has 0 fully saturated rings. The Kier molecular flexibility index (Phi) is 6.41. The fourth-order valence-corrected chi connectivity index (χ4v) is 5.40. The van der Waals surface area contributed by atoms with E-state index in [0.29, 0.717) is 25.2 Å². The Bertz CT molecular complexity index is 1330. The van der Waals surface area contributed by atoms with Gasteiger partial charge in [-0.2, -0.15) is 4.37 Å². The summed E-state index contributed by atoms with van der Waals surface area (Å²) in [5.74, 6) is -0.300. The molecule has 7 nitrogen and oxygen atoms in total. The number of rotatable bonds is 8. The number of fused-ring (bicyclic) bond motifs is 2. The van der Waals surface area contributed by atoms with Crippen LogP contribution >= 0.6 is 11.5 Å². The van der Waals surface area contributed by atoms with E-state index in [-0.39, 0.29) is 24.1 Å². The lowest BCUT2D eigenvalue weighted by atomic mass is 10.1. The molecule has 3 aromatic heterocycles. The van der Waals surface area contributed by atoms with Gasteiger partial charge in [-0.15, -0.1) is 0 Å². The van der Waals surface area contributed by atoms with Gasteiger partial charge in [-0.1, -0.05) is 19.4 Å². The number of aryl methyl sites for hydroxylation is 2. The van der Waals surface area contributed by atoms with Crippen LogP contribution in [0, 0.1) is 13.8 Å². The highest BCUT2D eigenvalue weighted by Crippen LogP contribution is 2.29. The summed E-state index contributed by atoms with van der Waals surface area (Å²) in [5, 5.41) is 1.11. The molecule has 4 aromatic rings. The number of aromatic nitrogens is 4. The predicted octanol–water partition coefficient (Wildman–Crippen LogP) is 4.77. The molecule has 0 spiro atoms. The number of pyridine rings is 1. The molecule has 0 aliphatic heterocycles. The minimum Gasteiger partial charge on any atom is -0.466 e. The lowest BCUT2D eigenvalue weighted by molar-refractivity contribution is -0.144. The third kappa shape index (κ3) is 4.07. The van der Waals surface area contributed by atoms with Gasteiger partial charge in [-0.05, 0) is 68.1 Å². The van der Waals surface area contributed by atoms with Gasteiger partial charge in [0, 0.05) is 11.6 Å². The molecule has 0 amide bonds. The largest absolute Gasteiger partial charge is 0.466 e. The van der Waals surface area contributed by atoms with E-state index in [2.05, 4.69) is 35.3 Å². The minimum absolute atomic E-state index is 0.148. The number of imidazole rings is 1. The van der Waals surface area contributed by atoms with Crippen LogP contribution in [-0.2, 0) is 16.1 Å². The van der Waals surface area contributed by atoms with Gasteiger partial charge in [0.1, 0.15) is 0 Å². The number of ether oxygens (including phenoxy) is 1. The average molecular weight is 453 g/mol. The summed E-state index contributed by atoms with van der Waals surface area (Å²) in [5.41, 5.74) is 4.40. The number of carbonyl (C=O) groups excluding carboxylic acids is 1. The second kappa shape index (κ2) is 9.24. The van der Waals surface area contributed by atoms with Crippen LogP contribution in [0.25, 0.3) is 21.3 Å². The SMILES string of the molecule is CCC[C@@H](CC(=O)OCC)n1c(=O)n(Cc2nsc3cc(C)cc(C)c23)c2cccnc21. The van der Waals surface area contributed by atoms with Gasteiger partial charge in [-0.3, -0.25) is 13.9 Å². The van der Waals surface area contributed by atoms with Crippen LogP contribution in [0.15, 0.2) is 35.3 Å². The van der Waals surface area contributed by atoms with Crippen molar-refractivity contribution in [3.8, 4) is 0 Å². The number of nitrogens with zero attached hydrogens (tertiary/aromatic N) is 4. The third-order valence-electron chi connectivity index (χ3n) is 5.71. The quantitative estimate of drug-likeness (QED) is 0.360. The highest BCUT2D eigenvalue weighted by atomic mass is 32.1. The minimum atomic E-state index is -0.304. The molecule has 0 bridgehead atoms. The van der Waals surface area contributed by atoms with Crippen molar-refractivity contribution in [1.29, 1.82) is 0 Å². The third-order valence-corrected chi connectivity index (χ3v) is 6.54. The summed E-state index contributed by atoms with van der Waals surface area (Å²) in [4.78, 5) is 30.4. The van der Waals surface area contributed by atoms with Gasteiger partial charge in [-0.25, -0.2) is 9.78 Å². The molecular weight excluding hydrogens is 424 g/mol. The standard InChI is InChI=1S/C24H28N4O3S/c1-5-8-17(13-21(29)31-6-2)28-23-19(9-7-10-25-23)27(24(28)30)14-18-22-16(4)11-15(3)12-20(22)32-26-18/h7,9-12,17H,5-6,8,13-14H2,1-4H3/t17-/m0/s1. The summed E-state index contributed by atoms with van der Waals surface area (Å²) < 4.78 is 14.4. The van der Waals surface area contributed by atoms with E-state index in [9.17, 15) is 9.59 Å². The van der Waals surface area contributed by atoms with E-state index in [1.54, 1.807) is 22.3 Å². The van der Waals surface area contributed by atoms with Crippen molar-refractivity contribution in [3.63, 3.8) is 0 Å². The fourth-order valence-electron chi connectivity index (χ4n) is 4.44. The van der Waals surface area contributed by atoms with Crippen LogP contribution in [0.5, 0.6) is 0 Å². The van der Waals surface area contributed by atoms with Crippen molar-refractivity contribution < 1.29 is 9.53 Å². The van der Waals surface area contributed by atoms with E-state index in [1.807, 2.05) is 19.1 Å². The zero-order valence-electron chi connectivity index (χ0n) is 18.9. The van der Waals surface area contributed by atoms with Crippen LogP contribution in [0.4, 0.5) is 0 Å². The van der Waals surface area contributed by atoms with E-state index >= 15 is 0 Å². The highest BCUT2D eigenvalue weighted by Gasteiger charge is 2.24. The molecule has 0 saturated heterocycles. The topological polar surface area (TPSA) is 79.0 Å². The second-order valence-electron chi connectivity index (χ2n) is 8.12. The molecule has 3 heterocycles. The summed E-state index contributed by atoms with van der Waals surface area (Å²) in [7, 11) is 0. The van der Waals surface area contributed by atoms with Gasteiger partial charge < -0.3 is 4.74 Å². The lowest BCUT2D eigenvalue weighted by Gasteiger charge is -2.16. The maximum Gasteiger partial charge on any atom is 0.330 e. The molecule has 0 radical (unpaired) electrons. The predicted molar refractivity (Wildman–Crippen MR) is 127 cm³/mol. The monoisotopic (exact) mass is 452 g/mol. The van der Waals surface area contributed by atoms with Crippen molar-refractivity contribution in [2.24, 2.45) is 0 Å². The van der Waals surface area contributed by atoms with Crippen LogP contribution in [0.1, 0.15) is 56.0 Å². The average Bonchev–Trinajstić information content (AvgIpc) is 3.27. The zero-order valence-corrected chi connectivity index (χ0v) is 19.7. The number of carbonyl (C=O) groups is 1. The Morgan fingerprint density at radius 2 is 2.06 bits per heavy atom. The summed E-state index contributed by atoms with van der Waals surface area (Å²) >= 11 is 1.46. The molecule has 32 heavy (non-hydrogen) atoms. The maximum absolute atomic E-state index is 13.7. The molecule has 0 aliphatic carbocycles. The number of benzene rings is 1. The molecule has 0 N–H and O–H groups in total. The van der Waals surface area contributed by atoms with Crippen molar-refractivity contribution in [2.75, 3.05) is 6.61 Å². The highest BCUT2D eigenvalue weighted by molar-refractivity contribution is 7.13. The summed E-state index contributed by atoms with van der Waals surface area (Å²) in [6.07, 6.45) is 3.36. The Morgan fingerprint density at radius 3 is 2.81 bits per heavy atom. The molecule has 1 aromatic carbocycles. The van der Waals surface area contributed by atoms with Gasteiger partial charge in [0.05, 0.1) is 41.5 Å². The number of hydrogen-bond donors (Lipinski definition) is 0. The van der Waals surface area contributed by atoms with E-state index < -0.39 is 0 Å². The Labute approximate surface area is 190 Å². The molecule has 1 atom stereocenters. The first-order chi connectivity index (χ1) is 15.4. The molecule has 0 aliphatic rings. The van der Waals surface area contributed by atoms with E-state index in [0.717, 1.165) is 33.3 Å². The van der Waals surface area contributed by atoms with Gasteiger partial charge in [0.25, 0.3) is 0 Å². The van der Waals surface area contributed by atoms with Gasteiger partial charge >= 0.3 is 11.7 Å². The van der Waals surface area contributed by atoms with Crippen LogP contribution in [0.3, 0.4) is 0 Å². The first-order valence-corrected chi connectivity index (χ1v) is 11.8. The Morgan fingerprint density at radius 1 is 1.25 bits per heavy atom. The fraction of sp³-hybridized carbons (Fsp3) is 0.417. The van der Waals surface area contributed by atoms with Crippen molar-refractivity contribution >= 4 is 38.8 Å². The first-order valence-electron chi connectivity index (χ1n) is 11.0. The second-order valence-corrected chi connectivity index (χ2v) is 8.93. The van der Waals surface area contributed by atoms with Crippen molar-refractivity contribution in [3.05, 3.63) is 57.8 Å². The molecule has 8 heteroatoms. The summed E-state index contributed by atoms with van der Waals surface area (Å²) in [6, 6.07) is 7.70. The first kappa shape index (κ1) is 22.2. The molecule has 4 rings (SSSR count). The summed E-state index contributed by atoms with van der Waals surface area (Å²) in [6.45, 7) is 8.67. The zero-order chi connectivity index (χ0) is 22.8. The number of esters is 1. The molecular formula is C24H28N4O3S. The van der Waals surface area contributed by atoms with Gasteiger partial charge in [0.15, 0.2) is 5.65 Å². The van der Waals surface area contributed by atoms with Crippen LogP contribution in [0.2, 0.25) is 0 Å².